The van der Waals surface area contributed by atoms with Crippen LogP contribution in [0.5, 0.6) is 0 Å². The molecule has 0 saturated carbocycles. The average molecular weight is 511 g/mol. The van der Waals surface area contributed by atoms with Crippen molar-refractivity contribution in [2.45, 2.75) is 108 Å². The van der Waals surface area contributed by atoms with Crippen LogP contribution >= 0.6 is 0 Å². The Morgan fingerprint density at radius 3 is 1.73 bits per heavy atom. The topological polar surface area (TPSA) is 135 Å². The molecule has 0 bridgehead atoms. The molecule has 0 radical (unpaired) electrons. The Bertz CT molecular complexity index is 665. The fourth-order valence-electron chi connectivity index (χ4n) is 3.04. The first-order valence-electron chi connectivity index (χ1n) is 11.3. The molecule has 11 heteroatoms. The molecule has 1 unspecified atom stereocenters. The number of carbonyl (C=O) groups excluding carboxylic acids is 2. The molecule has 0 spiro atoms. The van der Waals surface area contributed by atoms with Gasteiger partial charge in [0.05, 0.1) is 6.42 Å². The van der Waals surface area contributed by atoms with Gasteiger partial charge in [-0.15, -0.1) is 0 Å². The minimum absolute atomic E-state index is 0. The summed E-state index contributed by atoms with van der Waals surface area (Å²) in [6.07, 6.45) is 17.5. The predicted octanol–water partition coefficient (Wildman–Crippen LogP) is 3.53. The first-order chi connectivity index (χ1) is 14.7. The van der Waals surface area contributed by atoms with E-state index in [2.05, 4.69) is 23.8 Å². The van der Waals surface area contributed by atoms with Gasteiger partial charge in [-0.25, -0.2) is 0 Å². The van der Waals surface area contributed by atoms with E-state index in [1.807, 2.05) is 0 Å². The van der Waals surface area contributed by atoms with Crippen molar-refractivity contribution in [3.05, 3.63) is 12.2 Å². The molecule has 0 aliphatic rings. The number of allylic oxidation sites excluding steroid dienone is 2. The van der Waals surface area contributed by atoms with Gasteiger partial charge in [-0.3, -0.25) is 18.9 Å². The zero-order valence-corrected chi connectivity index (χ0v) is 19.4. The summed E-state index contributed by atoms with van der Waals surface area (Å²) in [4.78, 5) is 33.9. The Labute approximate surface area is 243 Å². The van der Waals surface area contributed by atoms with Gasteiger partial charge in [0.2, 0.25) is 0 Å². The predicted molar refractivity (Wildman–Crippen MR) is 132 cm³/mol. The molecule has 33 heavy (non-hydrogen) atoms. The number of hydrogen-bond donors (Lipinski definition) is 2. The number of rotatable bonds is 19. The summed E-state index contributed by atoms with van der Waals surface area (Å²) in [5, 5.41) is 6.31. The second-order valence-corrected chi connectivity index (χ2v) is 9.33. The van der Waals surface area contributed by atoms with Gasteiger partial charge in [-0.05, 0) is 32.1 Å². The van der Waals surface area contributed by atoms with Crippen LogP contribution in [0.15, 0.2) is 12.2 Å². The van der Waals surface area contributed by atoms with E-state index in [1.165, 1.54) is 38.5 Å². The van der Waals surface area contributed by atoms with Gasteiger partial charge in [0.25, 0.3) is 10.1 Å². The van der Waals surface area contributed by atoms with Gasteiger partial charge >= 0.3 is 77.0 Å². The van der Waals surface area contributed by atoms with Gasteiger partial charge in [0.15, 0.2) is 5.25 Å². The van der Waals surface area contributed by atoms with Crippen LogP contribution in [0.2, 0.25) is 0 Å². The van der Waals surface area contributed by atoms with Crippen molar-refractivity contribution in [1.29, 1.82) is 0 Å². The average Bonchev–Trinajstić information content (AvgIpc) is 2.68. The van der Waals surface area contributed by atoms with Crippen LogP contribution in [0.1, 0.15) is 103 Å². The first-order valence-corrected chi connectivity index (χ1v) is 12.8. The summed E-state index contributed by atoms with van der Waals surface area (Å²) in [6, 6.07) is 0. The van der Waals surface area contributed by atoms with Crippen molar-refractivity contribution in [1.82, 2.24) is 0 Å². The van der Waals surface area contributed by atoms with Crippen molar-refractivity contribution in [3.8, 4) is 0 Å². The zero-order valence-electron chi connectivity index (χ0n) is 18.6. The monoisotopic (exact) mass is 510 g/mol. The third kappa shape index (κ3) is 23.8. The Morgan fingerprint density at radius 2 is 1.27 bits per heavy atom. The third-order valence-corrected chi connectivity index (χ3v) is 5.92. The molecule has 184 valence electrons. The van der Waals surface area contributed by atoms with Crippen molar-refractivity contribution < 1.29 is 37.2 Å². The van der Waals surface area contributed by atoms with Crippen molar-refractivity contribution in [2.75, 3.05) is 0 Å². The van der Waals surface area contributed by atoms with Gasteiger partial charge in [0.1, 0.15) is 0 Å². The Morgan fingerprint density at radius 1 is 0.818 bits per heavy atom. The van der Waals surface area contributed by atoms with Crippen LogP contribution in [0.25, 0.3) is 0 Å². The van der Waals surface area contributed by atoms with E-state index >= 15 is 0 Å². The van der Waals surface area contributed by atoms with Crippen LogP contribution < -0.4 is 0 Å². The maximum atomic E-state index is 11.6. The molecule has 0 aromatic rings. The number of aliphatic carboxylic acids is 1. The van der Waals surface area contributed by atoms with Crippen LogP contribution in [0.4, 0.5) is 0 Å². The Kier molecular flexibility index (Phi) is 27.5. The zero-order chi connectivity index (χ0) is 23.5. The fourth-order valence-corrected chi connectivity index (χ4v) is 3.68. The van der Waals surface area contributed by atoms with Crippen LogP contribution in [0, 0.1) is 0 Å². The summed E-state index contributed by atoms with van der Waals surface area (Å²) in [7, 11) is -4.97. The maximum absolute atomic E-state index is 11.6. The molecule has 0 aliphatic carbocycles. The third-order valence-electron chi connectivity index (χ3n) is 4.84. The summed E-state index contributed by atoms with van der Waals surface area (Å²) < 4.78 is 35.4. The second-order valence-electron chi connectivity index (χ2n) is 7.73. The number of hydrogen-bond acceptors (Lipinski definition) is 6. The quantitative estimate of drug-likeness (QED) is 0.0673. The van der Waals surface area contributed by atoms with Crippen LogP contribution in [-0.2, 0) is 29.2 Å². The first kappa shape index (κ1) is 37.8. The molecular formula is C22H40Na2O8S. The molecular weight excluding hydrogens is 470 g/mol. The summed E-state index contributed by atoms with van der Waals surface area (Å²) in [6.45, 7) is 2.22. The normalized spacial score (nSPS) is 11.9. The van der Waals surface area contributed by atoms with Gasteiger partial charge in [0, 0.05) is 6.42 Å². The van der Waals surface area contributed by atoms with E-state index in [0.717, 1.165) is 38.5 Å². The molecule has 2 N–H and O–H groups in total. The minimum atomic E-state index is -4.97. The van der Waals surface area contributed by atoms with Gasteiger partial charge < -0.3 is 9.84 Å². The van der Waals surface area contributed by atoms with E-state index < -0.39 is 39.7 Å². The SMILES string of the molecule is CCCCCCCC/C=C\CCCCCCCC(=O)OC(=O)C(CC(=O)O)S(=O)(=O)O.[NaH].[NaH]. The number of esters is 2. The molecule has 0 heterocycles. The van der Waals surface area contributed by atoms with Crippen molar-refractivity contribution in [2.24, 2.45) is 0 Å². The molecule has 0 aromatic carbocycles. The second kappa shape index (κ2) is 24.0. The van der Waals surface area contributed by atoms with Crippen LogP contribution in [-0.4, -0.2) is 100 Å². The van der Waals surface area contributed by atoms with E-state index in [1.54, 1.807) is 0 Å². The van der Waals surface area contributed by atoms with Gasteiger partial charge in [-0.2, -0.15) is 8.42 Å². The number of carboxylic acid groups (broad SMARTS) is 1. The number of ether oxygens (including phenoxy) is 1. The molecule has 0 saturated heterocycles. The summed E-state index contributed by atoms with van der Waals surface area (Å²) in [5.41, 5.74) is 0. The molecule has 0 aromatic heterocycles. The standard InChI is InChI=1S/C22H38O8S.2Na.2H/c1-2-3-4-5-6-7-8-9-10-11-12-13-14-15-16-17-21(25)30-22(26)19(18-20(23)24)31(27,28)29;;;;/h9-10,19H,2-8,11-18H2,1H3,(H,23,24)(H,27,28,29);;;;/b10-9-;;;;. The van der Waals surface area contributed by atoms with Crippen molar-refractivity contribution in [3.63, 3.8) is 0 Å². The van der Waals surface area contributed by atoms with E-state index in [9.17, 15) is 22.8 Å². The molecule has 8 nitrogen and oxygen atoms in total. The van der Waals surface area contributed by atoms with E-state index in [-0.39, 0.29) is 65.5 Å². The van der Waals surface area contributed by atoms with Crippen molar-refractivity contribution >= 4 is 87.1 Å². The number of unbranched alkanes of at least 4 members (excludes halogenated alkanes) is 11. The fraction of sp³-hybridized carbons (Fsp3) is 0.773. The molecule has 1 atom stereocenters. The van der Waals surface area contributed by atoms with E-state index in [4.69, 9.17) is 9.66 Å². The molecule has 0 aliphatic heterocycles. The number of carbonyl (C=O) groups is 3. The Balaban J connectivity index is -0.00000450. The number of carboxylic acids is 1. The Hall–Kier alpha value is 0.260. The summed E-state index contributed by atoms with van der Waals surface area (Å²) in [5.74, 6) is -4.10. The van der Waals surface area contributed by atoms with Crippen LogP contribution in [0.3, 0.4) is 0 Å². The molecule has 0 amide bonds. The van der Waals surface area contributed by atoms with E-state index in [0.29, 0.717) is 6.42 Å². The summed E-state index contributed by atoms with van der Waals surface area (Å²) >= 11 is 0. The molecule has 0 rings (SSSR count). The molecule has 0 fully saturated rings. The van der Waals surface area contributed by atoms with Gasteiger partial charge in [-0.1, -0.05) is 70.4 Å².